The molecule has 0 bridgehead atoms. The van der Waals surface area contributed by atoms with Crippen LogP contribution in [0.2, 0.25) is 0 Å². The highest BCUT2D eigenvalue weighted by atomic mass is 19.1. The van der Waals surface area contributed by atoms with E-state index in [4.69, 9.17) is 4.74 Å². The summed E-state index contributed by atoms with van der Waals surface area (Å²) in [6, 6.07) is 6.15. The van der Waals surface area contributed by atoms with Gasteiger partial charge in [0.25, 0.3) is 0 Å². The molecule has 0 saturated carbocycles. The summed E-state index contributed by atoms with van der Waals surface area (Å²) in [5, 5.41) is 0. The fraction of sp³-hybridized carbons (Fsp3) is 0.462. The molecule has 0 saturated heterocycles. The minimum Gasteiger partial charge on any atom is -0.469 e. The van der Waals surface area contributed by atoms with Gasteiger partial charge < -0.3 is 4.74 Å². The Morgan fingerprint density at radius 1 is 1.50 bits per heavy atom. The van der Waals surface area contributed by atoms with Gasteiger partial charge >= 0.3 is 5.97 Å². The third-order valence-corrected chi connectivity index (χ3v) is 2.58. The third-order valence-electron chi connectivity index (χ3n) is 2.58. The summed E-state index contributed by atoms with van der Waals surface area (Å²) in [5.74, 6) is -0.956. The zero-order valence-corrected chi connectivity index (χ0v) is 9.70. The minimum atomic E-state index is -0.347. The Labute approximate surface area is 95.4 Å². The lowest BCUT2D eigenvalue weighted by molar-refractivity contribution is -0.142. The third kappa shape index (κ3) is 3.33. The number of hydrogen-bond acceptors (Lipinski definition) is 2. The van der Waals surface area contributed by atoms with Crippen LogP contribution in [0.15, 0.2) is 24.3 Å². The molecule has 1 aromatic carbocycles. The van der Waals surface area contributed by atoms with Crippen molar-refractivity contribution in [3.05, 3.63) is 35.6 Å². The Bertz CT molecular complexity index is 350. The smallest absolute Gasteiger partial charge is 0.313 e. The maximum absolute atomic E-state index is 13.1. The zero-order valence-electron chi connectivity index (χ0n) is 9.70. The van der Waals surface area contributed by atoms with Crippen LogP contribution < -0.4 is 0 Å². The van der Waals surface area contributed by atoms with Gasteiger partial charge in [0, 0.05) is 0 Å². The molecule has 0 aliphatic heterocycles. The number of hydrogen-bond donors (Lipinski definition) is 0. The van der Waals surface area contributed by atoms with E-state index >= 15 is 0 Å². The van der Waals surface area contributed by atoms with E-state index in [-0.39, 0.29) is 17.7 Å². The molecule has 16 heavy (non-hydrogen) atoms. The molecule has 0 radical (unpaired) electrons. The largest absolute Gasteiger partial charge is 0.469 e. The van der Waals surface area contributed by atoms with Crippen LogP contribution in [-0.4, -0.2) is 13.1 Å². The van der Waals surface area contributed by atoms with E-state index in [1.807, 2.05) is 0 Å². The summed E-state index contributed by atoms with van der Waals surface area (Å²) >= 11 is 0. The second-order valence-corrected chi connectivity index (χ2v) is 3.77. The Morgan fingerprint density at radius 3 is 2.81 bits per heavy atom. The number of unbranched alkanes of at least 4 members (excludes halogenated alkanes) is 1. The Morgan fingerprint density at radius 2 is 2.25 bits per heavy atom. The molecule has 0 heterocycles. The summed E-state index contributed by atoms with van der Waals surface area (Å²) < 4.78 is 17.8. The average molecular weight is 224 g/mol. The van der Waals surface area contributed by atoms with Crippen molar-refractivity contribution in [3.8, 4) is 0 Å². The maximum atomic E-state index is 13.1. The van der Waals surface area contributed by atoms with E-state index in [0.29, 0.717) is 12.0 Å². The van der Waals surface area contributed by atoms with E-state index < -0.39 is 0 Å². The SMILES string of the molecule is CCCCC(C(=O)OC)c1cccc(F)c1. The summed E-state index contributed by atoms with van der Waals surface area (Å²) in [7, 11) is 1.36. The molecule has 1 unspecified atom stereocenters. The molecule has 2 nitrogen and oxygen atoms in total. The van der Waals surface area contributed by atoms with Crippen LogP contribution in [-0.2, 0) is 9.53 Å². The van der Waals surface area contributed by atoms with Crippen molar-refractivity contribution < 1.29 is 13.9 Å². The predicted octanol–water partition coefficient (Wildman–Crippen LogP) is 3.27. The van der Waals surface area contributed by atoms with Gasteiger partial charge in [-0.2, -0.15) is 0 Å². The summed E-state index contributed by atoms with van der Waals surface area (Å²) in [5.41, 5.74) is 0.695. The number of esters is 1. The van der Waals surface area contributed by atoms with Crippen LogP contribution in [0.25, 0.3) is 0 Å². The fourth-order valence-electron chi connectivity index (χ4n) is 1.69. The molecule has 1 aromatic rings. The van der Waals surface area contributed by atoms with E-state index in [0.717, 1.165) is 12.8 Å². The molecule has 0 aromatic heterocycles. The van der Waals surface area contributed by atoms with Gasteiger partial charge in [-0.05, 0) is 24.1 Å². The lowest BCUT2D eigenvalue weighted by atomic mass is 9.93. The van der Waals surface area contributed by atoms with Crippen LogP contribution in [0.3, 0.4) is 0 Å². The number of halogens is 1. The van der Waals surface area contributed by atoms with Crippen molar-refractivity contribution in [3.63, 3.8) is 0 Å². The highest BCUT2D eigenvalue weighted by Gasteiger charge is 2.20. The van der Waals surface area contributed by atoms with E-state index in [1.54, 1.807) is 12.1 Å². The summed E-state index contributed by atoms with van der Waals surface area (Å²) in [4.78, 5) is 11.6. The standard InChI is InChI=1S/C13H17FO2/c1-3-4-8-12(13(15)16-2)10-6-5-7-11(14)9-10/h5-7,9,12H,3-4,8H2,1-2H3. The first-order chi connectivity index (χ1) is 7.69. The molecule has 0 spiro atoms. The minimum absolute atomic E-state index is 0.293. The molecule has 0 aliphatic carbocycles. The van der Waals surface area contributed by atoms with Gasteiger partial charge in [-0.1, -0.05) is 31.9 Å². The monoisotopic (exact) mass is 224 g/mol. The van der Waals surface area contributed by atoms with Gasteiger partial charge in [0.05, 0.1) is 13.0 Å². The quantitative estimate of drug-likeness (QED) is 0.717. The van der Waals surface area contributed by atoms with Crippen molar-refractivity contribution >= 4 is 5.97 Å². The molecule has 0 fully saturated rings. The lowest BCUT2D eigenvalue weighted by Gasteiger charge is -2.14. The highest BCUT2D eigenvalue weighted by Crippen LogP contribution is 2.24. The topological polar surface area (TPSA) is 26.3 Å². The number of carbonyl (C=O) groups excluding carboxylic acids is 1. The fourth-order valence-corrected chi connectivity index (χ4v) is 1.69. The maximum Gasteiger partial charge on any atom is 0.313 e. The molecule has 3 heteroatoms. The number of rotatable bonds is 5. The Kier molecular flexibility index (Phi) is 4.96. The molecule has 0 N–H and O–H groups in total. The molecular weight excluding hydrogens is 207 g/mol. The first kappa shape index (κ1) is 12.7. The van der Waals surface area contributed by atoms with Gasteiger partial charge in [-0.3, -0.25) is 4.79 Å². The number of benzene rings is 1. The molecule has 1 atom stereocenters. The van der Waals surface area contributed by atoms with Crippen LogP contribution in [0.1, 0.15) is 37.7 Å². The molecule has 0 aliphatic rings. The molecular formula is C13H17FO2. The van der Waals surface area contributed by atoms with Crippen molar-refractivity contribution in [2.75, 3.05) is 7.11 Å². The van der Waals surface area contributed by atoms with Crippen LogP contribution in [0, 0.1) is 5.82 Å². The van der Waals surface area contributed by atoms with Crippen molar-refractivity contribution in [1.82, 2.24) is 0 Å². The van der Waals surface area contributed by atoms with Crippen LogP contribution >= 0.6 is 0 Å². The first-order valence-corrected chi connectivity index (χ1v) is 5.52. The normalized spacial score (nSPS) is 12.2. The summed E-state index contributed by atoms with van der Waals surface area (Å²) in [6.07, 6.45) is 2.63. The van der Waals surface area contributed by atoms with E-state index in [1.165, 1.54) is 19.2 Å². The van der Waals surface area contributed by atoms with Gasteiger partial charge in [0.2, 0.25) is 0 Å². The predicted molar refractivity (Wildman–Crippen MR) is 60.7 cm³/mol. The van der Waals surface area contributed by atoms with Crippen LogP contribution in [0.5, 0.6) is 0 Å². The van der Waals surface area contributed by atoms with Crippen LogP contribution in [0.4, 0.5) is 4.39 Å². The first-order valence-electron chi connectivity index (χ1n) is 5.52. The lowest BCUT2D eigenvalue weighted by Crippen LogP contribution is -2.14. The van der Waals surface area contributed by atoms with Gasteiger partial charge in [-0.15, -0.1) is 0 Å². The van der Waals surface area contributed by atoms with E-state index in [2.05, 4.69) is 6.92 Å². The zero-order chi connectivity index (χ0) is 12.0. The average Bonchev–Trinajstić information content (AvgIpc) is 2.29. The number of ether oxygens (including phenoxy) is 1. The van der Waals surface area contributed by atoms with E-state index in [9.17, 15) is 9.18 Å². The second kappa shape index (κ2) is 6.26. The Balaban J connectivity index is 2.87. The van der Waals surface area contributed by atoms with Gasteiger partial charge in [0.1, 0.15) is 5.82 Å². The van der Waals surface area contributed by atoms with Crippen molar-refractivity contribution in [2.24, 2.45) is 0 Å². The highest BCUT2D eigenvalue weighted by molar-refractivity contribution is 5.77. The van der Waals surface area contributed by atoms with Gasteiger partial charge in [-0.25, -0.2) is 4.39 Å². The number of methoxy groups -OCH3 is 1. The number of carbonyl (C=O) groups is 1. The molecule has 1 rings (SSSR count). The second-order valence-electron chi connectivity index (χ2n) is 3.77. The van der Waals surface area contributed by atoms with Crippen molar-refractivity contribution in [2.45, 2.75) is 32.1 Å². The summed E-state index contributed by atoms with van der Waals surface area (Å²) in [6.45, 7) is 2.06. The van der Waals surface area contributed by atoms with Gasteiger partial charge in [0.15, 0.2) is 0 Å². The van der Waals surface area contributed by atoms with Crippen molar-refractivity contribution in [1.29, 1.82) is 0 Å². The molecule has 88 valence electrons. The Hall–Kier alpha value is -1.38. The molecule has 0 amide bonds.